The summed E-state index contributed by atoms with van der Waals surface area (Å²) in [6.07, 6.45) is 5.46. The summed E-state index contributed by atoms with van der Waals surface area (Å²) < 4.78 is 31.2. The van der Waals surface area contributed by atoms with Gasteiger partial charge < -0.3 is 24.4 Å². The lowest BCUT2D eigenvalue weighted by Crippen LogP contribution is -2.65. The van der Waals surface area contributed by atoms with Crippen LogP contribution in [0, 0.1) is 5.82 Å². The Morgan fingerprint density at radius 2 is 2.13 bits per heavy atom. The first-order chi connectivity index (χ1) is 15.0. The molecule has 8 heteroatoms. The summed E-state index contributed by atoms with van der Waals surface area (Å²) in [4.78, 5) is 26.3. The fraction of sp³-hybridized carbons (Fsp3) is 0.652. The van der Waals surface area contributed by atoms with E-state index in [9.17, 15) is 14.0 Å². The zero-order valence-electron chi connectivity index (χ0n) is 18.0. The lowest BCUT2D eigenvalue weighted by molar-refractivity contribution is -0.144. The van der Waals surface area contributed by atoms with Crippen molar-refractivity contribution in [2.75, 3.05) is 40.0 Å². The van der Waals surface area contributed by atoms with Crippen LogP contribution in [-0.4, -0.2) is 68.4 Å². The first-order valence-corrected chi connectivity index (χ1v) is 11.1. The van der Waals surface area contributed by atoms with Crippen LogP contribution in [0.1, 0.15) is 50.0 Å². The summed E-state index contributed by atoms with van der Waals surface area (Å²) in [5.74, 6) is -0.438. The number of likely N-dealkylation sites (tertiary alicyclic amines) is 1. The van der Waals surface area contributed by atoms with E-state index in [0.29, 0.717) is 19.7 Å². The molecule has 7 nitrogen and oxygen atoms in total. The van der Waals surface area contributed by atoms with Crippen molar-refractivity contribution >= 4 is 11.8 Å². The lowest BCUT2D eigenvalue weighted by Gasteiger charge is -2.45. The minimum Gasteiger partial charge on any atom is -0.480 e. The highest BCUT2D eigenvalue weighted by atomic mass is 19.1. The first kappa shape index (κ1) is 22.0. The predicted octanol–water partition coefficient (Wildman–Crippen LogP) is 2.38. The predicted molar refractivity (Wildman–Crippen MR) is 111 cm³/mol. The van der Waals surface area contributed by atoms with Crippen LogP contribution >= 0.6 is 0 Å². The third kappa shape index (κ3) is 5.01. The molecule has 0 radical (unpaired) electrons. The highest BCUT2D eigenvalue weighted by molar-refractivity contribution is 5.80. The average Bonchev–Trinajstić information content (AvgIpc) is 2.78. The molecule has 1 atom stereocenters. The molecule has 1 aromatic rings. The van der Waals surface area contributed by atoms with Gasteiger partial charge in [0.1, 0.15) is 6.61 Å². The summed E-state index contributed by atoms with van der Waals surface area (Å²) in [5, 5.41) is 2.99. The maximum atomic E-state index is 14.6. The molecule has 2 saturated heterocycles. The number of amides is 2. The van der Waals surface area contributed by atoms with E-state index in [4.69, 9.17) is 14.2 Å². The maximum Gasteiger partial charge on any atom is 0.260 e. The molecule has 1 aliphatic carbocycles. The molecular formula is C23H31FN2O5. The van der Waals surface area contributed by atoms with Crippen LogP contribution in [0.2, 0.25) is 0 Å². The number of hydrogen-bond donors (Lipinski definition) is 1. The third-order valence-electron chi connectivity index (χ3n) is 6.73. The van der Waals surface area contributed by atoms with Gasteiger partial charge in [-0.15, -0.1) is 0 Å². The van der Waals surface area contributed by atoms with Gasteiger partial charge in [-0.2, -0.15) is 0 Å². The Bertz CT molecular complexity index is 807. The summed E-state index contributed by atoms with van der Waals surface area (Å²) in [6.45, 7) is 1.19. The third-order valence-corrected chi connectivity index (χ3v) is 6.73. The van der Waals surface area contributed by atoms with Gasteiger partial charge in [-0.05, 0) is 50.5 Å². The number of piperidine rings is 1. The molecule has 0 unspecified atom stereocenters. The molecule has 1 spiro atoms. The average molecular weight is 435 g/mol. The van der Waals surface area contributed by atoms with Crippen molar-refractivity contribution in [3.63, 3.8) is 0 Å². The number of carbonyl (C=O) groups excluding carboxylic acids is 2. The number of nitrogens with zero attached hydrogens (tertiary/aromatic N) is 1. The first-order valence-electron chi connectivity index (χ1n) is 11.1. The normalized spacial score (nSPS) is 29.0. The summed E-state index contributed by atoms with van der Waals surface area (Å²) in [7, 11) is 1.73. The Morgan fingerprint density at radius 3 is 2.87 bits per heavy atom. The molecule has 2 amide bonds. The van der Waals surface area contributed by atoms with E-state index in [-0.39, 0.29) is 42.8 Å². The molecule has 3 aliphatic rings. The van der Waals surface area contributed by atoms with E-state index in [2.05, 4.69) is 5.32 Å². The van der Waals surface area contributed by atoms with Crippen LogP contribution in [0.25, 0.3) is 0 Å². The highest BCUT2D eigenvalue weighted by Crippen LogP contribution is 2.39. The van der Waals surface area contributed by atoms with Crippen LogP contribution in [0.3, 0.4) is 0 Å². The van der Waals surface area contributed by atoms with E-state index in [1.807, 2.05) is 6.07 Å². The highest BCUT2D eigenvalue weighted by Gasteiger charge is 2.41. The lowest BCUT2D eigenvalue weighted by atomic mass is 9.82. The van der Waals surface area contributed by atoms with Crippen molar-refractivity contribution in [1.29, 1.82) is 0 Å². The minimum atomic E-state index is -0.535. The van der Waals surface area contributed by atoms with E-state index in [0.717, 1.165) is 44.1 Å². The quantitative estimate of drug-likeness (QED) is 0.770. The Hall–Kier alpha value is -2.19. The second-order valence-electron chi connectivity index (χ2n) is 8.90. The van der Waals surface area contributed by atoms with E-state index >= 15 is 0 Å². The standard InChI is InChI=1S/C23H31FN2O5/c1-29-17-8-6-16(7-9-17)18-4-2-5-19(24)22(18)31-13-21(28)26-11-3-10-23(14-26)15-30-12-20(27)25-23/h2,4-5,16-17H,3,6-15H2,1H3,(H,25,27)/t16?,17?,23-/m1/s1. The molecule has 1 saturated carbocycles. The number of rotatable bonds is 5. The van der Waals surface area contributed by atoms with Crippen molar-refractivity contribution < 1.29 is 28.2 Å². The number of morpholine rings is 1. The van der Waals surface area contributed by atoms with Crippen LogP contribution < -0.4 is 10.1 Å². The number of hydrogen-bond acceptors (Lipinski definition) is 5. The molecule has 4 rings (SSSR count). The molecule has 0 bridgehead atoms. The molecular weight excluding hydrogens is 403 g/mol. The second-order valence-corrected chi connectivity index (χ2v) is 8.90. The van der Waals surface area contributed by atoms with Gasteiger partial charge in [-0.3, -0.25) is 9.59 Å². The molecule has 2 heterocycles. The molecule has 1 N–H and O–H groups in total. The van der Waals surface area contributed by atoms with Gasteiger partial charge in [0.15, 0.2) is 18.2 Å². The fourth-order valence-electron chi connectivity index (χ4n) is 5.11. The van der Waals surface area contributed by atoms with Crippen LogP contribution in [-0.2, 0) is 19.1 Å². The van der Waals surface area contributed by atoms with Gasteiger partial charge >= 0.3 is 0 Å². The molecule has 1 aromatic carbocycles. The zero-order valence-corrected chi connectivity index (χ0v) is 18.0. The van der Waals surface area contributed by atoms with Crippen molar-refractivity contribution in [1.82, 2.24) is 10.2 Å². The minimum absolute atomic E-state index is 0.0567. The number of ether oxygens (including phenoxy) is 3. The van der Waals surface area contributed by atoms with Gasteiger partial charge in [0.25, 0.3) is 5.91 Å². The van der Waals surface area contributed by atoms with Crippen molar-refractivity contribution in [2.24, 2.45) is 0 Å². The van der Waals surface area contributed by atoms with Gasteiger partial charge in [-0.25, -0.2) is 4.39 Å². The SMILES string of the molecule is COC1CCC(c2cccc(F)c2OCC(=O)N2CCC[C@]3(COCC(=O)N3)C2)CC1. The zero-order chi connectivity index (χ0) is 21.8. The van der Waals surface area contributed by atoms with E-state index in [1.54, 1.807) is 18.1 Å². The Balaban J connectivity index is 1.40. The molecule has 170 valence electrons. The number of para-hydroxylation sites is 1. The number of carbonyl (C=O) groups is 2. The summed E-state index contributed by atoms with van der Waals surface area (Å²) in [5.41, 5.74) is 0.289. The second kappa shape index (κ2) is 9.53. The summed E-state index contributed by atoms with van der Waals surface area (Å²) >= 11 is 0. The fourth-order valence-corrected chi connectivity index (χ4v) is 5.11. The van der Waals surface area contributed by atoms with Crippen LogP contribution in [0.4, 0.5) is 4.39 Å². The van der Waals surface area contributed by atoms with Gasteiger partial charge in [-0.1, -0.05) is 12.1 Å². The van der Waals surface area contributed by atoms with Gasteiger partial charge in [0, 0.05) is 25.8 Å². The Morgan fingerprint density at radius 1 is 1.32 bits per heavy atom. The molecule has 31 heavy (non-hydrogen) atoms. The number of halogens is 1. The molecule has 0 aromatic heterocycles. The van der Waals surface area contributed by atoms with E-state index < -0.39 is 11.4 Å². The smallest absolute Gasteiger partial charge is 0.260 e. The molecule has 3 fully saturated rings. The van der Waals surface area contributed by atoms with Crippen LogP contribution in [0.5, 0.6) is 5.75 Å². The topological polar surface area (TPSA) is 77.1 Å². The van der Waals surface area contributed by atoms with Crippen molar-refractivity contribution in [2.45, 2.75) is 56.1 Å². The van der Waals surface area contributed by atoms with Crippen molar-refractivity contribution in [3.8, 4) is 5.75 Å². The molecule has 2 aliphatic heterocycles. The van der Waals surface area contributed by atoms with Crippen LogP contribution in [0.15, 0.2) is 18.2 Å². The number of methoxy groups -OCH3 is 1. The van der Waals surface area contributed by atoms with Gasteiger partial charge in [0.05, 0.1) is 18.2 Å². The van der Waals surface area contributed by atoms with Gasteiger partial charge in [0.2, 0.25) is 5.91 Å². The Labute approximate surface area is 182 Å². The number of benzene rings is 1. The van der Waals surface area contributed by atoms with Crippen molar-refractivity contribution in [3.05, 3.63) is 29.6 Å². The largest absolute Gasteiger partial charge is 0.480 e. The maximum absolute atomic E-state index is 14.6. The summed E-state index contributed by atoms with van der Waals surface area (Å²) in [6, 6.07) is 4.96. The number of nitrogens with one attached hydrogen (secondary N) is 1. The van der Waals surface area contributed by atoms with E-state index in [1.165, 1.54) is 6.07 Å². The Kier molecular flexibility index (Phi) is 6.77. The monoisotopic (exact) mass is 434 g/mol.